The summed E-state index contributed by atoms with van der Waals surface area (Å²) in [5.41, 5.74) is 1.14. The van der Waals surface area contributed by atoms with Gasteiger partial charge in [0.1, 0.15) is 11.6 Å². The third-order valence-electron chi connectivity index (χ3n) is 5.03. The lowest BCUT2D eigenvalue weighted by Gasteiger charge is -2.08. The molecule has 1 fully saturated rings. The first-order valence-corrected chi connectivity index (χ1v) is 11.4. The lowest BCUT2D eigenvalue weighted by Crippen LogP contribution is -2.17. The van der Waals surface area contributed by atoms with Crippen LogP contribution in [0.1, 0.15) is 50.2 Å². The Morgan fingerprint density at radius 3 is 2.70 bits per heavy atom. The van der Waals surface area contributed by atoms with Crippen LogP contribution < -0.4 is 10.9 Å². The van der Waals surface area contributed by atoms with E-state index in [-0.39, 0.29) is 23.6 Å². The van der Waals surface area contributed by atoms with E-state index >= 15 is 0 Å². The molecule has 4 aromatic rings. The molecule has 0 saturated heterocycles. The van der Waals surface area contributed by atoms with Gasteiger partial charge in [-0.1, -0.05) is 35.1 Å². The van der Waals surface area contributed by atoms with Crippen LogP contribution >= 0.6 is 22.9 Å². The molecule has 1 aliphatic carbocycles. The van der Waals surface area contributed by atoms with Crippen LogP contribution in [0.2, 0.25) is 5.02 Å². The Labute approximate surface area is 196 Å². The molecule has 8 nitrogen and oxygen atoms in total. The van der Waals surface area contributed by atoms with Crippen molar-refractivity contribution in [2.75, 3.05) is 5.32 Å². The smallest absolute Gasteiger partial charge is 0.338 e. The minimum atomic E-state index is -0.598. The van der Waals surface area contributed by atoms with Gasteiger partial charge in [-0.2, -0.15) is 9.61 Å². The van der Waals surface area contributed by atoms with Gasteiger partial charge in [-0.15, -0.1) is 0 Å². The summed E-state index contributed by atoms with van der Waals surface area (Å²) >= 11 is 7.32. The van der Waals surface area contributed by atoms with Crippen molar-refractivity contribution in [3.05, 3.63) is 91.8 Å². The van der Waals surface area contributed by atoms with Crippen molar-refractivity contribution in [3.8, 4) is 0 Å². The number of fused-ring (bicyclic) bond motifs is 1. The van der Waals surface area contributed by atoms with Crippen molar-refractivity contribution >= 4 is 45.5 Å². The molecular formula is C23H17ClN4O4S. The molecule has 1 saturated carbocycles. The Hall–Kier alpha value is -3.56. The van der Waals surface area contributed by atoms with E-state index in [4.69, 9.17) is 16.3 Å². The summed E-state index contributed by atoms with van der Waals surface area (Å²) in [6.07, 6.45) is 2.16. The number of carbonyl (C=O) groups is 2. The molecule has 0 bridgehead atoms. The number of ether oxygens (including phenoxy) is 1. The van der Waals surface area contributed by atoms with Crippen LogP contribution in [0.15, 0.2) is 59.4 Å². The van der Waals surface area contributed by atoms with Gasteiger partial charge >= 0.3 is 5.97 Å². The molecule has 5 rings (SSSR count). The van der Waals surface area contributed by atoms with Crippen LogP contribution in [-0.4, -0.2) is 26.5 Å². The van der Waals surface area contributed by atoms with Gasteiger partial charge in [0.05, 0.1) is 11.3 Å². The Bertz CT molecular complexity index is 1440. The van der Waals surface area contributed by atoms with E-state index < -0.39 is 5.97 Å². The number of halogens is 1. The van der Waals surface area contributed by atoms with Gasteiger partial charge in [0.15, 0.2) is 0 Å². The largest absolute Gasteiger partial charge is 0.456 e. The van der Waals surface area contributed by atoms with Gasteiger partial charge in [0.2, 0.25) is 4.96 Å². The quantitative estimate of drug-likeness (QED) is 0.413. The molecule has 2 aromatic carbocycles. The van der Waals surface area contributed by atoms with Crippen LogP contribution in [0.5, 0.6) is 0 Å². The van der Waals surface area contributed by atoms with Crippen LogP contribution in [0.4, 0.5) is 5.69 Å². The first-order chi connectivity index (χ1) is 16.0. The van der Waals surface area contributed by atoms with E-state index in [1.54, 1.807) is 42.5 Å². The minimum absolute atomic E-state index is 0.152. The topological polar surface area (TPSA) is 103 Å². The predicted octanol–water partition coefficient (Wildman–Crippen LogP) is 4.29. The first-order valence-electron chi connectivity index (χ1n) is 10.2. The molecule has 1 N–H and O–H groups in total. The van der Waals surface area contributed by atoms with E-state index in [2.05, 4.69) is 15.4 Å². The summed E-state index contributed by atoms with van der Waals surface area (Å²) in [6.45, 7) is -0.152. The maximum absolute atomic E-state index is 12.5. The molecule has 0 aliphatic heterocycles. The molecule has 10 heteroatoms. The summed E-state index contributed by atoms with van der Waals surface area (Å²) < 4.78 is 6.64. The lowest BCUT2D eigenvalue weighted by molar-refractivity contribution is 0.0467. The highest BCUT2D eigenvalue weighted by Gasteiger charge is 2.28. The number of rotatable bonds is 6. The fraction of sp³-hybridized carbons (Fsp3) is 0.174. The number of esters is 1. The van der Waals surface area contributed by atoms with Gasteiger partial charge < -0.3 is 10.1 Å². The van der Waals surface area contributed by atoms with Crippen molar-refractivity contribution in [2.24, 2.45) is 0 Å². The van der Waals surface area contributed by atoms with Crippen molar-refractivity contribution in [2.45, 2.75) is 25.4 Å². The second kappa shape index (κ2) is 8.76. The van der Waals surface area contributed by atoms with E-state index in [1.807, 2.05) is 0 Å². The highest BCUT2D eigenvalue weighted by molar-refractivity contribution is 7.16. The average Bonchev–Trinajstić information content (AvgIpc) is 3.56. The molecule has 2 aromatic heterocycles. The zero-order valence-corrected chi connectivity index (χ0v) is 18.7. The highest BCUT2D eigenvalue weighted by atomic mass is 35.5. The molecule has 0 radical (unpaired) electrons. The number of amides is 1. The van der Waals surface area contributed by atoms with Crippen molar-refractivity contribution in [3.63, 3.8) is 0 Å². The summed E-state index contributed by atoms with van der Waals surface area (Å²) in [6, 6.07) is 14.3. The van der Waals surface area contributed by atoms with Crippen LogP contribution in [0.3, 0.4) is 0 Å². The zero-order chi connectivity index (χ0) is 22.9. The lowest BCUT2D eigenvalue weighted by atomic mass is 10.1. The second-order valence-corrected chi connectivity index (χ2v) is 9.04. The van der Waals surface area contributed by atoms with Crippen molar-refractivity contribution < 1.29 is 14.3 Å². The Balaban J connectivity index is 1.26. The summed E-state index contributed by atoms with van der Waals surface area (Å²) in [5, 5.41) is 8.42. The highest BCUT2D eigenvalue weighted by Crippen LogP contribution is 2.41. The molecule has 0 atom stereocenters. The molecule has 33 heavy (non-hydrogen) atoms. The number of aromatic nitrogens is 3. The zero-order valence-electron chi connectivity index (χ0n) is 17.2. The number of hydrogen-bond donors (Lipinski definition) is 1. The number of anilines is 1. The molecular weight excluding hydrogens is 464 g/mol. The molecule has 1 amide bonds. The summed E-state index contributed by atoms with van der Waals surface area (Å²) in [4.78, 5) is 42.2. The molecule has 0 unspecified atom stereocenters. The maximum atomic E-state index is 12.5. The molecule has 166 valence electrons. The standard InChI is InChI=1S/C23H17ClN4O4S/c24-16-5-1-3-14(9-16)20(30)25-17-6-2-4-15(10-17)22(31)32-12-18-11-19(29)28-23(26-18)33-21(27-28)13-7-8-13/h1-6,9-11,13H,7-8,12H2,(H,25,30). The predicted molar refractivity (Wildman–Crippen MR) is 124 cm³/mol. The van der Waals surface area contributed by atoms with E-state index in [9.17, 15) is 14.4 Å². The van der Waals surface area contributed by atoms with E-state index in [0.29, 0.717) is 32.8 Å². The SMILES string of the molecule is O=C(Nc1cccc(C(=O)OCc2cc(=O)n3nc(C4CC4)sc3n2)c1)c1cccc(Cl)c1. The van der Waals surface area contributed by atoms with Crippen LogP contribution in [0.25, 0.3) is 4.96 Å². The number of hydrogen-bond acceptors (Lipinski definition) is 7. The number of nitrogens with one attached hydrogen (secondary N) is 1. The van der Waals surface area contributed by atoms with Gasteiger partial charge in [0, 0.05) is 28.3 Å². The van der Waals surface area contributed by atoms with E-state index in [1.165, 1.54) is 28.0 Å². The fourth-order valence-corrected chi connectivity index (χ4v) is 4.50. The minimum Gasteiger partial charge on any atom is -0.456 e. The maximum Gasteiger partial charge on any atom is 0.338 e. The van der Waals surface area contributed by atoms with Gasteiger partial charge in [-0.3, -0.25) is 9.59 Å². The monoisotopic (exact) mass is 480 g/mol. The third kappa shape index (κ3) is 4.79. The van der Waals surface area contributed by atoms with Gasteiger partial charge in [0.25, 0.3) is 11.5 Å². The Morgan fingerprint density at radius 2 is 1.91 bits per heavy atom. The van der Waals surface area contributed by atoms with Crippen molar-refractivity contribution in [1.82, 2.24) is 14.6 Å². The average molecular weight is 481 g/mol. The number of carbonyl (C=O) groups excluding carboxylic acids is 2. The third-order valence-corrected chi connectivity index (χ3v) is 6.34. The second-order valence-electron chi connectivity index (χ2n) is 7.62. The van der Waals surface area contributed by atoms with Gasteiger partial charge in [-0.05, 0) is 49.2 Å². The first kappa shape index (κ1) is 21.3. The molecule has 0 spiro atoms. The number of benzene rings is 2. The Kier molecular flexibility index (Phi) is 5.65. The van der Waals surface area contributed by atoms with E-state index in [0.717, 1.165) is 17.8 Å². The summed E-state index contributed by atoms with van der Waals surface area (Å²) in [7, 11) is 0. The summed E-state index contributed by atoms with van der Waals surface area (Å²) in [5.74, 6) is -0.529. The normalized spacial score (nSPS) is 13.1. The van der Waals surface area contributed by atoms with Crippen LogP contribution in [0, 0.1) is 0 Å². The Morgan fingerprint density at radius 1 is 1.12 bits per heavy atom. The number of nitrogens with zero attached hydrogens (tertiary/aromatic N) is 3. The van der Waals surface area contributed by atoms with Crippen molar-refractivity contribution in [1.29, 1.82) is 0 Å². The van der Waals surface area contributed by atoms with Crippen LogP contribution in [-0.2, 0) is 11.3 Å². The molecule has 2 heterocycles. The fourth-order valence-electron chi connectivity index (χ4n) is 3.22. The molecule has 1 aliphatic rings. The van der Waals surface area contributed by atoms with Gasteiger partial charge in [-0.25, -0.2) is 9.78 Å².